The molecule has 0 aromatic heterocycles. The van der Waals surface area contributed by atoms with E-state index in [1.807, 2.05) is 0 Å². The van der Waals surface area contributed by atoms with Crippen LogP contribution in [0.5, 0.6) is 0 Å². The van der Waals surface area contributed by atoms with Gasteiger partial charge in [-0.25, -0.2) is 13.6 Å². The van der Waals surface area contributed by atoms with Gasteiger partial charge in [-0.15, -0.1) is 0 Å². The maximum Gasteiger partial charge on any atom is 0.344 e. The second kappa shape index (κ2) is 4.08. The van der Waals surface area contributed by atoms with Gasteiger partial charge in [-0.3, -0.25) is 0 Å². The first-order chi connectivity index (χ1) is 7.22. The Hall–Kier alpha value is -1.65. The number of anilines is 1. The van der Waals surface area contributed by atoms with Crippen molar-refractivity contribution < 1.29 is 18.3 Å². The standard InChI is InChI=1S/C11H13F2NO2/c1-11(2,3)16-10(15)8-6(12)4-5-7(14)9(8)13/h4-5H,14H2,1-3H3. The Morgan fingerprint density at radius 3 is 2.38 bits per heavy atom. The van der Waals surface area contributed by atoms with Crippen LogP contribution in [0.3, 0.4) is 0 Å². The third kappa shape index (κ3) is 2.68. The van der Waals surface area contributed by atoms with Crippen molar-refractivity contribution in [1.82, 2.24) is 0 Å². The minimum absolute atomic E-state index is 0.290. The van der Waals surface area contributed by atoms with Gasteiger partial charge in [0.15, 0.2) is 5.82 Å². The predicted octanol–water partition coefficient (Wildman–Crippen LogP) is 2.50. The van der Waals surface area contributed by atoms with Crippen LogP contribution < -0.4 is 5.73 Å². The van der Waals surface area contributed by atoms with E-state index in [1.54, 1.807) is 20.8 Å². The van der Waals surface area contributed by atoms with Crippen molar-refractivity contribution in [3.8, 4) is 0 Å². The molecule has 1 aromatic carbocycles. The minimum atomic E-state index is -1.09. The number of esters is 1. The molecule has 0 spiro atoms. The van der Waals surface area contributed by atoms with Crippen LogP contribution in [0.1, 0.15) is 31.1 Å². The van der Waals surface area contributed by atoms with Crippen LogP contribution in [0.4, 0.5) is 14.5 Å². The quantitative estimate of drug-likeness (QED) is 0.594. The lowest BCUT2D eigenvalue weighted by Gasteiger charge is -2.20. The van der Waals surface area contributed by atoms with Gasteiger partial charge in [0.25, 0.3) is 0 Å². The van der Waals surface area contributed by atoms with E-state index < -0.39 is 28.8 Å². The zero-order valence-corrected chi connectivity index (χ0v) is 9.30. The summed E-state index contributed by atoms with van der Waals surface area (Å²) < 4.78 is 31.5. The van der Waals surface area contributed by atoms with Crippen molar-refractivity contribution in [2.75, 3.05) is 5.73 Å². The highest BCUT2D eigenvalue weighted by atomic mass is 19.1. The van der Waals surface area contributed by atoms with Crippen LogP contribution >= 0.6 is 0 Å². The Morgan fingerprint density at radius 1 is 1.31 bits per heavy atom. The summed E-state index contributed by atoms with van der Waals surface area (Å²) in [6, 6.07) is 1.98. The van der Waals surface area contributed by atoms with Crippen LogP contribution in [0, 0.1) is 11.6 Å². The van der Waals surface area contributed by atoms with Crippen LogP contribution in [0.2, 0.25) is 0 Å². The fraction of sp³-hybridized carbons (Fsp3) is 0.364. The molecule has 0 unspecified atom stereocenters. The molecule has 0 saturated heterocycles. The number of carbonyl (C=O) groups excluding carboxylic acids is 1. The number of carbonyl (C=O) groups is 1. The van der Waals surface area contributed by atoms with Crippen molar-refractivity contribution in [3.05, 3.63) is 29.3 Å². The van der Waals surface area contributed by atoms with Crippen molar-refractivity contribution in [2.45, 2.75) is 26.4 Å². The summed E-state index contributed by atoms with van der Waals surface area (Å²) in [7, 11) is 0. The Labute approximate surface area is 92.2 Å². The summed E-state index contributed by atoms with van der Waals surface area (Å²) in [5, 5.41) is 0. The average Bonchev–Trinajstić information content (AvgIpc) is 2.09. The summed E-state index contributed by atoms with van der Waals surface area (Å²) in [6.45, 7) is 4.81. The molecule has 2 N–H and O–H groups in total. The smallest absolute Gasteiger partial charge is 0.344 e. The molecule has 3 nitrogen and oxygen atoms in total. The van der Waals surface area contributed by atoms with E-state index in [0.717, 1.165) is 12.1 Å². The molecule has 0 amide bonds. The summed E-state index contributed by atoms with van der Waals surface area (Å²) in [4.78, 5) is 11.5. The molecule has 0 fully saturated rings. The van der Waals surface area contributed by atoms with E-state index in [4.69, 9.17) is 10.5 Å². The van der Waals surface area contributed by atoms with Crippen molar-refractivity contribution >= 4 is 11.7 Å². The highest BCUT2D eigenvalue weighted by Crippen LogP contribution is 2.21. The van der Waals surface area contributed by atoms with Crippen LogP contribution in [-0.2, 0) is 4.74 Å². The van der Waals surface area contributed by atoms with E-state index in [1.165, 1.54) is 0 Å². The lowest BCUT2D eigenvalue weighted by Crippen LogP contribution is -2.25. The van der Waals surface area contributed by atoms with Crippen molar-refractivity contribution in [1.29, 1.82) is 0 Å². The number of rotatable bonds is 1. The highest BCUT2D eigenvalue weighted by molar-refractivity contribution is 5.91. The molecule has 0 atom stereocenters. The molecule has 0 heterocycles. The van der Waals surface area contributed by atoms with Crippen LogP contribution in [-0.4, -0.2) is 11.6 Å². The third-order valence-corrected chi connectivity index (χ3v) is 1.72. The van der Waals surface area contributed by atoms with E-state index >= 15 is 0 Å². The molecule has 88 valence electrons. The Bertz CT molecular complexity index is 425. The summed E-state index contributed by atoms with van der Waals surface area (Å²) in [5.74, 6) is -3.13. The van der Waals surface area contributed by atoms with E-state index in [-0.39, 0.29) is 5.69 Å². The first-order valence-corrected chi connectivity index (χ1v) is 4.69. The van der Waals surface area contributed by atoms with Crippen LogP contribution in [0.25, 0.3) is 0 Å². The SMILES string of the molecule is CC(C)(C)OC(=O)c1c(F)ccc(N)c1F. The number of hydrogen-bond donors (Lipinski definition) is 1. The summed E-state index contributed by atoms with van der Waals surface area (Å²) >= 11 is 0. The third-order valence-electron chi connectivity index (χ3n) is 1.72. The predicted molar refractivity (Wildman–Crippen MR) is 55.9 cm³/mol. The van der Waals surface area contributed by atoms with Gasteiger partial charge >= 0.3 is 5.97 Å². The van der Waals surface area contributed by atoms with Gasteiger partial charge in [-0.1, -0.05) is 0 Å². The number of halogens is 2. The molecular formula is C11H13F2NO2. The summed E-state index contributed by atoms with van der Waals surface area (Å²) in [5.41, 5.74) is 3.38. The summed E-state index contributed by atoms with van der Waals surface area (Å²) in [6.07, 6.45) is 0. The van der Waals surface area contributed by atoms with Gasteiger partial charge in [-0.2, -0.15) is 0 Å². The van der Waals surface area contributed by atoms with Gasteiger partial charge in [0, 0.05) is 0 Å². The van der Waals surface area contributed by atoms with Crippen molar-refractivity contribution in [2.24, 2.45) is 0 Å². The number of benzene rings is 1. The van der Waals surface area contributed by atoms with Gasteiger partial charge in [0.2, 0.25) is 0 Å². The molecule has 1 rings (SSSR count). The first-order valence-electron chi connectivity index (χ1n) is 4.69. The topological polar surface area (TPSA) is 52.3 Å². The number of nitrogen functional groups attached to an aromatic ring is 1. The van der Waals surface area contributed by atoms with Gasteiger partial charge in [0.1, 0.15) is 17.0 Å². The monoisotopic (exact) mass is 229 g/mol. The molecule has 0 radical (unpaired) electrons. The minimum Gasteiger partial charge on any atom is -0.456 e. The van der Waals surface area contributed by atoms with Gasteiger partial charge < -0.3 is 10.5 Å². The molecule has 1 aromatic rings. The number of ether oxygens (including phenoxy) is 1. The largest absolute Gasteiger partial charge is 0.456 e. The number of nitrogens with two attached hydrogens (primary N) is 1. The van der Waals surface area contributed by atoms with E-state index in [0.29, 0.717) is 0 Å². The molecular weight excluding hydrogens is 216 g/mol. The van der Waals surface area contributed by atoms with Crippen LogP contribution in [0.15, 0.2) is 12.1 Å². The molecule has 0 aliphatic rings. The Morgan fingerprint density at radius 2 is 1.88 bits per heavy atom. The maximum atomic E-state index is 13.4. The molecule has 0 aliphatic carbocycles. The van der Waals surface area contributed by atoms with Gasteiger partial charge in [-0.05, 0) is 32.9 Å². The van der Waals surface area contributed by atoms with E-state index in [2.05, 4.69) is 0 Å². The lowest BCUT2D eigenvalue weighted by atomic mass is 10.1. The zero-order valence-electron chi connectivity index (χ0n) is 9.30. The highest BCUT2D eigenvalue weighted by Gasteiger charge is 2.25. The lowest BCUT2D eigenvalue weighted by molar-refractivity contribution is 0.00597. The second-order valence-electron chi connectivity index (χ2n) is 4.33. The van der Waals surface area contributed by atoms with E-state index in [9.17, 15) is 13.6 Å². The fourth-order valence-corrected chi connectivity index (χ4v) is 1.08. The first kappa shape index (κ1) is 12.4. The fourth-order valence-electron chi connectivity index (χ4n) is 1.08. The molecule has 5 heteroatoms. The average molecular weight is 229 g/mol. The normalized spacial score (nSPS) is 11.3. The zero-order chi connectivity index (χ0) is 12.5. The maximum absolute atomic E-state index is 13.4. The molecule has 0 bridgehead atoms. The second-order valence-corrected chi connectivity index (χ2v) is 4.33. The Balaban J connectivity index is 3.14. The van der Waals surface area contributed by atoms with Gasteiger partial charge in [0.05, 0.1) is 5.69 Å². The molecule has 0 aliphatic heterocycles. The number of hydrogen-bond acceptors (Lipinski definition) is 3. The van der Waals surface area contributed by atoms with Crippen molar-refractivity contribution in [3.63, 3.8) is 0 Å². The Kier molecular flexibility index (Phi) is 3.16. The molecule has 0 saturated carbocycles. The molecule has 16 heavy (non-hydrogen) atoms.